The van der Waals surface area contributed by atoms with E-state index in [2.05, 4.69) is 17.6 Å². The van der Waals surface area contributed by atoms with Gasteiger partial charge in [0.1, 0.15) is 0 Å². The standard InChI is InChI=1S/C6H12ClN2/c1-2-9-6-4-8-3-5(6)7/h5-6,9H,2-4H2,1H3. The molecule has 1 rings (SSSR count). The highest BCUT2D eigenvalue weighted by molar-refractivity contribution is 6.21. The molecular formula is C6H12ClN2. The Kier molecular flexibility index (Phi) is 2.76. The summed E-state index contributed by atoms with van der Waals surface area (Å²) >= 11 is 5.90. The van der Waals surface area contributed by atoms with Crippen LogP contribution in [0.4, 0.5) is 0 Å². The van der Waals surface area contributed by atoms with E-state index in [4.69, 9.17) is 11.6 Å². The normalized spacial score (nSPS) is 35.3. The zero-order chi connectivity index (χ0) is 6.69. The van der Waals surface area contributed by atoms with Gasteiger partial charge in [0.2, 0.25) is 0 Å². The van der Waals surface area contributed by atoms with E-state index >= 15 is 0 Å². The Balaban J connectivity index is 2.22. The second-order valence-corrected chi connectivity index (χ2v) is 2.83. The Morgan fingerprint density at radius 2 is 2.44 bits per heavy atom. The van der Waals surface area contributed by atoms with Gasteiger partial charge < -0.3 is 5.32 Å². The largest absolute Gasteiger partial charge is 0.311 e. The molecule has 2 atom stereocenters. The molecule has 1 fully saturated rings. The molecule has 2 nitrogen and oxygen atoms in total. The average molecular weight is 148 g/mol. The van der Waals surface area contributed by atoms with Gasteiger partial charge in [-0.2, -0.15) is 0 Å². The van der Waals surface area contributed by atoms with Gasteiger partial charge in [-0.15, -0.1) is 11.6 Å². The predicted molar refractivity (Wildman–Crippen MR) is 39.0 cm³/mol. The first-order chi connectivity index (χ1) is 4.34. The lowest BCUT2D eigenvalue weighted by atomic mass is 10.2. The van der Waals surface area contributed by atoms with Gasteiger partial charge in [0, 0.05) is 19.1 Å². The molecule has 0 saturated carbocycles. The molecular weight excluding hydrogens is 136 g/mol. The summed E-state index contributed by atoms with van der Waals surface area (Å²) in [5, 5.41) is 7.67. The van der Waals surface area contributed by atoms with E-state index in [-0.39, 0.29) is 5.38 Å². The third-order valence-corrected chi connectivity index (χ3v) is 1.97. The van der Waals surface area contributed by atoms with Crippen molar-refractivity contribution in [1.82, 2.24) is 10.6 Å². The van der Waals surface area contributed by atoms with Crippen LogP contribution in [0.5, 0.6) is 0 Å². The molecule has 0 amide bonds. The molecule has 0 spiro atoms. The van der Waals surface area contributed by atoms with Crippen LogP contribution in [0.3, 0.4) is 0 Å². The number of hydrogen-bond donors (Lipinski definition) is 1. The molecule has 0 aromatic heterocycles. The molecule has 1 aliphatic heterocycles. The second-order valence-electron chi connectivity index (χ2n) is 2.27. The van der Waals surface area contributed by atoms with Crippen molar-refractivity contribution in [2.75, 3.05) is 19.6 Å². The predicted octanol–water partition coefficient (Wildman–Crippen LogP) is 0.190. The van der Waals surface area contributed by atoms with E-state index in [0.29, 0.717) is 6.04 Å². The molecule has 1 N–H and O–H groups in total. The van der Waals surface area contributed by atoms with E-state index in [0.717, 1.165) is 19.6 Å². The number of nitrogens with one attached hydrogen (secondary N) is 1. The summed E-state index contributed by atoms with van der Waals surface area (Å²) in [5.41, 5.74) is 0. The van der Waals surface area contributed by atoms with Crippen LogP contribution < -0.4 is 10.6 Å². The van der Waals surface area contributed by atoms with E-state index in [1.54, 1.807) is 0 Å². The number of hydrogen-bond acceptors (Lipinski definition) is 1. The van der Waals surface area contributed by atoms with Crippen LogP contribution in [0.25, 0.3) is 0 Å². The summed E-state index contributed by atoms with van der Waals surface area (Å²) in [4.78, 5) is 0. The fourth-order valence-electron chi connectivity index (χ4n) is 1.03. The highest BCUT2D eigenvalue weighted by atomic mass is 35.5. The maximum absolute atomic E-state index is 5.90. The zero-order valence-electron chi connectivity index (χ0n) is 5.60. The Morgan fingerprint density at radius 1 is 1.67 bits per heavy atom. The van der Waals surface area contributed by atoms with Gasteiger partial charge in [-0.3, -0.25) is 0 Å². The van der Waals surface area contributed by atoms with Gasteiger partial charge in [-0.05, 0) is 6.54 Å². The second kappa shape index (κ2) is 3.40. The summed E-state index contributed by atoms with van der Waals surface area (Å²) in [6, 6.07) is 0.427. The smallest absolute Gasteiger partial charge is 0.0643 e. The Morgan fingerprint density at radius 3 is 2.89 bits per heavy atom. The van der Waals surface area contributed by atoms with Crippen LogP contribution >= 0.6 is 11.6 Å². The Bertz CT molecular complexity index is 87.1. The van der Waals surface area contributed by atoms with Crippen LogP contribution in [-0.2, 0) is 0 Å². The molecule has 1 radical (unpaired) electrons. The summed E-state index contributed by atoms with van der Waals surface area (Å²) in [6.45, 7) is 4.78. The monoisotopic (exact) mass is 147 g/mol. The van der Waals surface area contributed by atoms with Gasteiger partial charge in [-0.25, -0.2) is 5.32 Å². The lowest BCUT2D eigenvalue weighted by molar-refractivity contribution is 0.570. The minimum Gasteiger partial charge on any atom is -0.311 e. The van der Waals surface area contributed by atoms with Gasteiger partial charge in [0.25, 0.3) is 0 Å². The molecule has 0 aromatic rings. The molecule has 2 unspecified atom stereocenters. The summed E-state index contributed by atoms with van der Waals surface area (Å²) < 4.78 is 0. The van der Waals surface area contributed by atoms with Gasteiger partial charge >= 0.3 is 0 Å². The molecule has 0 aromatic carbocycles. The maximum atomic E-state index is 5.90. The summed E-state index contributed by atoms with van der Waals surface area (Å²) in [7, 11) is 0. The lowest BCUT2D eigenvalue weighted by Crippen LogP contribution is -2.35. The quantitative estimate of drug-likeness (QED) is 0.555. The molecule has 9 heavy (non-hydrogen) atoms. The minimum atomic E-state index is 0.227. The molecule has 3 heteroatoms. The van der Waals surface area contributed by atoms with Crippen LogP contribution in [0.15, 0.2) is 0 Å². The summed E-state index contributed by atoms with van der Waals surface area (Å²) in [6.07, 6.45) is 0. The maximum Gasteiger partial charge on any atom is 0.0643 e. The van der Waals surface area contributed by atoms with E-state index in [1.807, 2.05) is 0 Å². The topological polar surface area (TPSA) is 26.1 Å². The van der Waals surface area contributed by atoms with Crippen molar-refractivity contribution in [2.24, 2.45) is 0 Å². The third kappa shape index (κ3) is 1.81. The van der Waals surface area contributed by atoms with Crippen LogP contribution in [-0.4, -0.2) is 31.1 Å². The number of rotatable bonds is 2. The lowest BCUT2D eigenvalue weighted by Gasteiger charge is -2.11. The first kappa shape index (κ1) is 7.32. The molecule has 1 aliphatic rings. The fourth-order valence-corrected chi connectivity index (χ4v) is 1.30. The average Bonchev–Trinajstić information content (AvgIpc) is 2.18. The minimum absolute atomic E-state index is 0.227. The molecule has 1 heterocycles. The highest BCUT2D eigenvalue weighted by Crippen LogP contribution is 2.07. The first-order valence-corrected chi connectivity index (χ1v) is 3.79. The molecule has 0 aliphatic carbocycles. The SMILES string of the molecule is CCNC1C[N]CC1Cl. The summed E-state index contributed by atoms with van der Waals surface area (Å²) in [5.74, 6) is 0. The number of likely N-dealkylation sites (N-methyl/N-ethyl adjacent to an activating group) is 1. The fraction of sp³-hybridized carbons (Fsp3) is 1.00. The van der Waals surface area contributed by atoms with E-state index in [1.165, 1.54) is 0 Å². The van der Waals surface area contributed by atoms with Crippen molar-refractivity contribution < 1.29 is 0 Å². The number of nitrogens with zero attached hydrogens (tertiary/aromatic N) is 1. The van der Waals surface area contributed by atoms with Gasteiger partial charge in [0.15, 0.2) is 0 Å². The van der Waals surface area contributed by atoms with Crippen molar-refractivity contribution in [2.45, 2.75) is 18.3 Å². The number of alkyl halides is 1. The van der Waals surface area contributed by atoms with Gasteiger partial charge in [0.05, 0.1) is 5.38 Å². The molecule has 1 saturated heterocycles. The van der Waals surface area contributed by atoms with Crippen molar-refractivity contribution in [3.8, 4) is 0 Å². The van der Waals surface area contributed by atoms with Crippen LogP contribution in [0.2, 0.25) is 0 Å². The zero-order valence-corrected chi connectivity index (χ0v) is 6.36. The van der Waals surface area contributed by atoms with Crippen molar-refractivity contribution in [3.63, 3.8) is 0 Å². The van der Waals surface area contributed by atoms with E-state index in [9.17, 15) is 0 Å². The van der Waals surface area contributed by atoms with Crippen LogP contribution in [0, 0.1) is 0 Å². The van der Waals surface area contributed by atoms with Crippen molar-refractivity contribution in [3.05, 3.63) is 0 Å². The third-order valence-electron chi connectivity index (χ3n) is 1.53. The molecule has 0 bridgehead atoms. The highest BCUT2D eigenvalue weighted by Gasteiger charge is 2.24. The Hall–Kier alpha value is 0.210. The first-order valence-electron chi connectivity index (χ1n) is 3.35. The van der Waals surface area contributed by atoms with Crippen molar-refractivity contribution >= 4 is 11.6 Å². The molecule has 53 valence electrons. The number of halogens is 1. The van der Waals surface area contributed by atoms with E-state index < -0.39 is 0 Å². The van der Waals surface area contributed by atoms with Gasteiger partial charge in [-0.1, -0.05) is 6.92 Å². The Labute approximate surface area is 61.0 Å². The van der Waals surface area contributed by atoms with Crippen LogP contribution in [0.1, 0.15) is 6.92 Å². The van der Waals surface area contributed by atoms with Crippen molar-refractivity contribution in [1.29, 1.82) is 0 Å².